The van der Waals surface area contributed by atoms with E-state index in [1.165, 1.54) is 51.4 Å². The first-order chi connectivity index (χ1) is 14.9. The fourth-order valence-electron chi connectivity index (χ4n) is 3.38. The predicted molar refractivity (Wildman–Crippen MR) is 122 cm³/mol. The van der Waals surface area contributed by atoms with Gasteiger partial charge in [0.1, 0.15) is 12.4 Å². The average molecular weight is 433 g/mol. The van der Waals surface area contributed by atoms with Crippen LogP contribution in [0.25, 0.3) is 6.08 Å². The van der Waals surface area contributed by atoms with Crippen molar-refractivity contribution in [1.82, 2.24) is 0 Å². The summed E-state index contributed by atoms with van der Waals surface area (Å²) < 4.78 is 9.28. The van der Waals surface area contributed by atoms with Gasteiger partial charge >= 0.3 is 12.3 Å². The molecule has 1 unspecified atom stereocenters. The Balaban J connectivity index is 2.51. The molecule has 1 aromatic carbocycles. The third kappa shape index (κ3) is 12.5. The molecule has 2 N–H and O–H groups in total. The largest absolute Gasteiger partial charge is 0.511 e. The molecule has 1 atom stereocenters. The zero-order chi connectivity index (χ0) is 22.9. The summed E-state index contributed by atoms with van der Waals surface area (Å²) in [6.07, 6.45) is 13.9. The number of carbonyl (C=O) groups is 2. The van der Waals surface area contributed by atoms with Crippen LogP contribution < -0.4 is 0 Å². The van der Waals surface area contributed by atoms with Crippen LogP contribution in [0.3, 0.4) is 0 Å². The van der Waals surface area contributed by atoms with Gasteiger partial charge in [0.2, 0.25) is 0 Å². The van der Waals surface area contributed by atoms with Crippen LogP contribution in [-0.2, 0) is 9.47 Å². The number of hydrogen-bond donors (Lipinski definition) is 2. The Morgan fingerprint density at radius 3 is 2.26 bits per heavy atom. The van der Waals surface area contributed by atoms with E-state index in [1.807, 2.05) is 24.3 Å². The van der Waals surface area contributed by atoms with Crippen LogP contribution in [0.1, 0.15) is 88.2 Å². The fourth-order valence-corrected chi connectivity index (χ4v) is 3.38. The molecule has 0 heterocycles. The Bertz CT molecular complexity index is 710. The average Bonchev–Trinajstić information content (AvgIpc) is 2.72. The van der Waals surface area contributed by atoms with E-state index in [0.717, 1.165) is 18.4 Å². The zero-order valence-electron chi connectivity index (χ0n) is 18.6. The van der Waals surface area contributed by atoms with Crippen LogP contribution in [0.5, 0.6) is 0 Å². The minimum absolute atomic E-state index is 0.0791. The lowest BCUT2D eigenvalue weighted by atomic mass is 9.96. The van der Waals surface area contributed by atoms with Crippen molar-refractivity contribution in [3.8, 4) is 0 Å². The van der Waals surface area contributed by atoms with E-state index in [0.29, 0.717) is 5.56 Å². The molecule has 6 heteroatoms. The lowest BCUT2D eigenvalue weighted by molar-refractivity contribution is 0.0787. The van der Waals surface area contributed by atoms with Crippen LogP contribution in [0.4, 0.5) is 9.59 Å². The number of hydrogen-bond acceptors (Lipinski definition) is 4. The number of ether oxygens (including phenoxy) is 2. The third-order valence-electron chi connectivity index (χ3n) is 5.08. The van der Waals surface area contributed by atoms with Crippen molar-refractivity contribution in [3.05, 3.63) is 53.8 Å². The quantitative estimate of drug-likeness (QED) is 0.159. The van der Waals surface area contributed by atoms with E-state index in [9.17, 15) is 9.59 Å². The molecule has 6 nitrogen and oxygen atoms in total. The number of benzene rings is 1. The van der Waals surface area contributed by atoms with E-state index in [4.69, 9.17) is 10.2 Å². The van der Waals surface area contributed by atoms with Gasteiger partial charge in [-0.3, -0.25) is 0 Å². The van der Waals surface area contributed by atoms with Crippen molar-refractivity contribution in [3.63, 3.8) is 0 Å². The lowest BCUT2D eigenvalue weighted by Gasteiger charge is -2.18. The number of allylic oxidation sites excluding steroid dienone is 1. The van der Waals surface area contributed by atoms with Crippen LogP contribution >= 0.6 is 0 Å². The molecule has 0 aromatic heterocycles. The van der Waals surface area contributed by atoms with Gasteiger partial charge in [0, 0.05) is 0 Å². The van der Waals surface area contributed by atoms with Gasteiger partial charge in [0.25, 0.3) is 0 Å². The van der Waals surface area contributed by atoms with Gasteiger partial charge < -0.3 is 19.7 Å². The maximum atomic E-state index is 10.8. The van der Waals surface area contributed by atoms with E-state index >= 15 is 0 Å². The van der Waals surface area contributed by atoms with Crippen molar-refractivity contribution in [2.24, 2.45) is 0 Å². The third-order valence-corrected chi connectivity index (χ3v) is 5.08. The van der Waals surface area contributed by atoms with Gasteiger partial charge in [0.05, 0.1) is 5.92 Å². The first-order valence-electron chi connectivity index (χ1n) is 11.2. The Kier molecular flexibility index (Phi) is 13.6. The van der Waals surface area contributed by atoms with Gasteiger partial charge in [-0.05, 0) is 24.0 Å². The van der Waals surface area contributed by atoms with E-state index in [1.54, 1.807) is 6.07 Å². The first kappa shape index (κ1) is 26.3. The summed E-state index contributed by atoms with van der Waals surface area (Å²) in [7, 11) is 0. The summed E-state index contributed by atoms with van der Waals surface area (Å²) in [4.78, 5) is 21.6. The summed E-state index contributed by atoms with van der Waals surface area (Å²) in [6, 6.07) is 7.39. The first-order valence-corrected chi connectivity index (χ1v) is 11.2. The second kappa shape index (κ2) is 16.0. The lowest BCUT2D eigenvalue weighted by Crippen LogP contribution is -2.16. The highest BCUT2D eigenvalue weighted by Gasteiger charge is 2.21. The number of rotatable bonds is 16. The van der Waals surface area contributed by atoms with E-state index in [-0.39, 0.29) is 12.4 Å². The zero-order valence-corrected chi connectivity index (χ0v) is 18.6. The van der Waals surface area contributed by atoms with Crippen molar-refractivity contribution < 1.29 is 29.3 Å². The van der Waals surface area contributed by atoms with Crippen LogP contribution in [0, 0.1) is 0 Å². The van der Waals surface area contributed by atoms with Crippen molar-refractivity contribution in [1.29, 1.82) is 0 Å². The molecule has 0 bridgehead atoms. The summed E-state index contributed by atoms with van der Waals surface area (Å²) in [5.41, 5.74) is 1.62. The van der Waals surface area contributed by atoms with Gasteiger partial charge in [-0.25, -0.2) is 9.59 Å². The summed E-state index contributed by atoms with van der Waals surface area (Å²) in [5.74, 6) is -0.789. The number of carboxylic acid groups (broad SMARTS) is 2. The molecule has 0 aliphatic carbocycles. The highest BCUT2D eigenvalue weighted by Crippen LogP contribution is 2.26. The molecular weight excluding hydrogens is 396 g/mol. The Morgan fingerprint density at radius 1 is 1.00 bits per heavy atom. The Morgan fingerprint density at radius 2 is 1.65 bits per heavy atom. The van der Waals surface area contributed by atoms with Crippen molar-refractivity contribution >= 4 is 18.4 Å². The predicted octanol–water partition coefficient (Wildman–Crippen LogP) is 7.61. The second-order valence-corrected chi connectivity index (χ2v) is 7.65. The highest BCUT2D eigenvalue weighted by molar-refractivity contribution is 5.59. The normalized spacial score (nSPS) is 11.9. The maximum Gasteiger partial charge on any atom is 0.511 e. The van der Waals surface area contributed by atoms with Crippen molar-refractivity contribution in [2.45, 2.75) is 77.0 Å². The van der Waals surface area contributed by atoms with Gasteiger partial charge in [-0.15, -0.1) is 0 Å². The highest BCUT2D eigenvalue weighted by atomic mass is 16.7. The summed E-state index contributed by atoms with van der Waals surface area (Å²) in [5, 5.41) is 17.6. The minimum atomic E-state index is -1.50. The van der Waals surface area contributed by atoms with Gasteiger partial charge in [-0.2, -0.15) is 0 Å². The SMILES string of the molecule is C=C(OC(=O)O)C(COC(=O)O)c1cccc(/C=C\CCCCCCCCCCC)c1. The molecular formula is C25H36O6. The monoisotopic (exact) mass is 432 g/mol. The molecule has 0 aliphatic heterocycles. The molecule has 0 saturated carbocycles. The molecule has 1 aromatic rings. The molecule has 0 fully saturated rings. The molecule has 172 valence electrons. The smallest absolute Gasteiger partial charge is 0.450 e. The van der Waals surface area contributed by atoms with Crippen molar-refractivity contribution in [2.75, 3.05) is 6.61 Å². The van der Waals surface area contributed by atoms with Gasteiger partial charge in [-0.1, -0.05) is 101 Å². The van der Waals surface area contributed by atoms with Crippen LogP contribution in [0.15, 0.2) is 42.7 Å². The maximum absolute atomic E-state index is 10.8. The Labute approximate surface area is 185 Å². The summed E-state index contributed by atoms with van der Waals surface area (Å²) in [6.45, 7) is 5.58. The molecule has 31 heavy (non-hydrogen) atoms. The molecule has 0 amide bonds. The topological polar surface area (TPSA) is 93.1 Å². The van der Waals surface area contributed by atoms with Crippen LogP contribution in [-0.4, -0.2) is 29.1 Å². The molecule has 0 aliphatic rings. The van der Waals surface area contributed by atoms with E-state index < -0.39 is 18.2 Å². The molecule has 0 saturated heterocycles. The standard InChI is InChI=1S/C25H36O6/c1-3-4-5-6-7-8-9-10-11-12-13-15-21-16-14-17-22(18-21)23(19-30-24(26)27)20(2)31-25(28)29/h13-18,23H,2-12,19H2,1H3,(H,26,27)(H,28,29)/b15-13-. The minimum Gasteiger partial charge on any atom is -0.450 e. The Hall–Kier alpha value is -2.76. The molecule has 0 radical (unpaired) electrons. The molecule has 1 rings (SSSR count). The summed E-state index contributed by atoms with van der Waals surface area (Å²) >= 11 is 0. The molecule has 0 spiro atoms. The van der Waals surface area contributed by atoms with Crippen LogP contribution in [0.2, 0.25) is 0 Å². The number of unbranched alkanes of at least 4 members (excludes halogenated alkanes) is 9. The fraction of sp³-hybridized carbons (Fsp3) is 0.520. The second-order valence-electron chi connectivity index (χ2n) is 7.65. The van der Waals surface area contributed by atoms with Gasteiger partial charge in [0.15, 0.2) is 0 Å². The van der Waals surface area contributed by atoms with E-state index in [2.05, 4.69) is 29.1 Å².